The van der Waals surface area contributed by atoms with Gasteiger partial charge in [0.25, 0.3) is 0 Å². The summed E-state index contributed by atoms with van der Waals surface area (Å²) in [5, 5.41) is 8.01. The molecule has 100 valence electrons. The maximum Gasteiger partial charge on any atom is 0.250 e. The van der Waals surface area contributed by atoms with Crippen LogP contribution in [0.4, 0.5) is 11.4 Å². The molecule has 5 nitrogen and oxygen atoms in total. The lowest BCUT2D eigenvalue weighted by molar-refractivity contribution is -0.119. The van der Waals surface area contributed by atoms with Crippen molar-refractivity contribution in [3.05, 3.63) is 40.8 Å². The first-order valence-corrected chi connectivity index (χ1v) is 6.72. The van der Waals surface area contributed by atoms with E-state index >= 15 is 0 Å². The van der Waals surface area contributed by atoms with Crippen LogP contribution in [0.15, 0.2) is 35.2 Å². The molecule has 0 bridgehead atoms. The van der Waals surface area contributed by atoms with Gasteiger partial charge in [-0.25, -0.2) is 4.98 Å². The maximum absolute atomic E-state index is 11.4. The van der Waals surface area contributed by atoms with Crippen LogP contribution in [-0.2, 0) is 16.1 Å². The van der Waals surface area contributed by atoms with Gasteiger partial charge in [-0.15, -0.1) is 11.3 Å². The lowest BCUT2D eigenvalue weighted by Gasteiger charge is -2.08. The van der Waals surface area contributed by atoms with Crippen LogP contribution in [0.25, 0.3) is 0 Å². The summed E-state index contributed by atoms with van der Waals surface area (Å²) in [5.41, 5.74) is 4.48. The third-order valence-corrected chi connectivity index (χ3v) is 3.01. The zero-order valence-corrected chi connectivity index (χ0v) is 11.4. The number of nitrogens with one attached hydrogen (secondary N) is 2. The second-order valence-corrected chi connectivity index (χ2v) is 4.61. The molecular weight excluding hydrogens is 262 g/mol. The minimum Gasteiger partial charge on any atom is -0.379 e. The van der Waals surface area contributed by atoms with E-state index in [1.165, 1.54) is 7.11 Å². The van der Waals surface area contributed by atoms with Crippen LogP contribution < -0.4 is 10.6 Å². The summed E-state index contributed by atoms with van der Waals surface area (Å²) in [4.78, 5) is 15.6. The number of hydrogen-bond acceptors (Lipinski definition) is 5. The monoisotopic (exact) mass is 277 g/mol. The first-order valence-electron chi connectivity index (χ1n) is 5.77. The Bertz CT molecular complexity index is 528. The van der Waals surface area contributed by atoms with Gasteiger partial charge >= 0.3 is 0 Å². The molecule has 0 aliphatic rings. The van der Waals surface area contributed by atoms with E-state index in [2.05, 4.69) is 15.6 Å². The Morgan fingerprint density at radius 3 is 3.00 bits per heavy atom. The van der Waals surface area contributed by atoms with Gasteiger partial charge in [0.1, 0.15) is 6.61 Å². The normalized spacial score (nSPS) is 10.2. The van der Waals surface area contributed by atoms with Gasteiger partial charge in [0.05, 0.1) is 17.7 Å². The number of carbonyl (C=O) groups is 1. The van der Waals surface area contributed by atoms with Crippen LogP contribution in [0.5, 0.6) is 0 Å². The molecule has 0 aliphatic carbocycles. The second kappa shape index (κ2) is 6.86. The average Bonchev–Trinajstić information content (AvgIpc) is 2.90. The van der Waals surface area contributed by atoms with Crippen molar-refractivity contribution >= 4 is 28.6 Å². The molecule has 1 aromatic carbocycles. The summed E-state index contributed by atoms with van der Waals surface area (Å²) in [7, 11) is 1.49. The molecule has 0 radical (unpaired) electrons. The fourth-order valence-electron chi connectivity index (χ4n) is 1.55. The summed E-state index contributed by atoms with van der Waals surface area (Å²) in [6.07, 6.45) is 0. The van der Waals surface area contributed by atoms with Crippen LogP contribution in [0.1, 0.15) is 5.69 Å². The molecule has 0 spiro atoms. The van der Waals surface area contributed by atoms with Gasteiger partial charge in [-0.1, -0.05) is 6.07 Å². The number of aromatic nitrogens is 1. The molecule has 2 rings (SSSR count). The summed E-state index contributed by atoms with van der Waals surface area (Å²) in [6, 6.07) is 7.53. The van der Waals surface area contributed by atoms with Gasteiger partial charge < -0.3 is 15.4 Å². The Morgan fingerprint density at radius 1 is 1.42 bits per heavy atom. The fourth-order valence-corrected chi connectivity index (χ4v) is 2.11. The number of anilines is 2. The van der Waals surface area contributed by atoms with Crippen LogP contribution in [0.2, 0.25) is 0 Å². The molecule has 0 fully saturated rings. The lowest BCUT2D eigenvalue weighted by Crippen LogP contribution is -2.17. The van der Waals surface area contributed by atoms with Crippen molar-refractivity contribution < 1.29 is 9.53 Å². The van der Waals surface area contributed by atoms with Crippen molar-refractivity contribution in [2.24, 2.45) is 0 Å². The number of nitrogens with zero attached hydrogens (tertiary/aromatic N) is 1. The Balaban J connectivity index is 1.93. The second-order valence-electron chi connectivity index (χ2n) is 3.90. The van der Waals surface area contributed by atoms with E-state index in [1.807, 2.05) is 29.6 Å². The van der Waals surface area contributed by atoms with E-state index in [1.54, 1.807) is 16.8 Å². The highest BCUT2D eigenvalue weighted by atomic mass is 32.1. The highest BCUT2D eigenvalue weighted by molar-refractivity contribution is 7.07. The van der Waals surface area contributed by atoms with Crippen molar-refractivity contribution in [1.82, 2.24) is 4.98 Å². The molecule has 0 saturated heterocycles. The number of carbonyl (C=O) groups excluding carboxylic acids is 1. The van der Waals surface area contributed by atoms with Crippen molar-refractivity contribution in [1.29, 1.82) is 0 Å². The van der Waals surface area contributed by atoms with Crippen LogP contribution >= 0.6 is 11.3 Å². The van der Waals surface area contributed by atoms with Gasteiger partial charge in [0, 0.05) is 23.9 Å². The molecule has 0 unspecified atom stereocenters. The van der Waals surface area contributed by atoms with Crippen LogP contribution in [0.3, 0.4) is 0 Å². The molecule has 2 N–H and O–H groups in total. The molecule has 6 heteroatoms. The number of thiazole rings is 1. The molecule has 0 atom stereocenters. The molecular formula is C13H15N3O2S. The molecule has 0 aliphatic heterocycles. The molecule has 0 saturated carbocycles. The van der Waals surface area contributed by atoms with Gasteiger partial charge in [-0.2, -0.15) is 0 Å². The summed E-state index contributed by atoms with van der Waals surface area (Å²) >= 11 is 1.57. The molecule has 1 heterocycles. The van der Waals surface area contributed by atoms with E-state index in [0.29, 0.717) is 6.54 Å². The van der Waals surface area contributed by atoms with Crippen molar-refractivity contribution in [2.45, 2.75) is 6.54 Å². The first-order chi connectivity index (χ1) is 9.28. The van der Waals surface area contributed by atoms with E-state index in [0.717, 1.165) is 17.1 Å². The van der Waals surface area contributed by atoms with Gasteiger partial charge in [0.2, 0.25) is 5.91 Å². The number of benzene rings is 1. The Morgan fingerprint density at radius 2 is 2.26 bits per heavy atom. The average molecular weight is 277 g/mol. The number of rotatable bonds is 6. The zero-order valence-electron chi connectivity index (χ0n) is 10.6. The van der Waals surface area contributed by atoms with E-state index in [9.17, 15) is 4.79 Å². The van der Waals surface area contributed by atoms with Crippen LogP contribution in [0, 0.1) is 0 Å². The Kier molecular flexibility index (Phi) is 4.88. The smallest absolute Gasteiger partial charge is 0.250 e. The predicted molar refractivity (Wildman–Crippen MR) is 76.4 cm³/mol. The van der Waals surface area contributed by atoms with E-state index in [-0.39, 0.29) is 12.5 Å². The van der Waals surface area contributed by atoms with E-state index in [4.69, 9.17) is 4.74 Å². The maximum atomic E-state index is 11.4. The highest BCUT2D eigenvalue weighted by Crippen LogP contribution is 2.16. The van der Waals surface area contributed by atoms with Crippen molar-refractivity contribution in [3.8, 4) is 0 Å². The number of amides is 1. The predicted octanol–water partition coefficient (Wildman–Crippen LogP) is 2.34. The highest BCUT2D eigenvalue weighted by Gasteiger charge is 2.02. The molecule has 1 aromatic heterocycles. The minimum atomic E-state index is -0.167. The summed E-state index contributed by atoms with van der Waals surface area (Å²) in [5.74, 6) is -0.167. The molecule has 1 amide bonds. The van der Waals surface area contributed by atoms with E-state index < -0.39 is 0 Å². The number of ether oxygens (including phenoxy) is 1. The number of methoxy groups -OCH3 is 1. The van der Waals surface area contributed by atoms with Gasteiger partial charge in [-0.3, -0.25) is 4.79 Å². The Labute approximate surface area is 115 Å². The SMILES string of the molecule is COCC(=O)Nc1cccc(NCc2cscn2)c1. The topological polar surface area (TPSA) is 63.2 Å². The van der Waals surface area contributed by atoms with Gasteiger partial charge in [-0.05, 0) is 18.2 Å². The lowest BCUT2D eigenvalue weighted by atomic mass is 10.2. The number of hydrogen-bond donors (Lipinski definition) is 2. The van der Waals surface area contributed by atoms with Crippen LogP contribution in [-0.4, -0.2) is 24.6 Å². The summed E-state index contributed by atoms with van der Waals surface area (Å²) < 4.78 is 4.77. The third kappa shape index (κ3) is 4.35. The molecule has 19 heavy (non-hydrogen) atoms. The zero-order chi connectivity index (χ0) is 13.5. The largest absolute Gasteiger partial charge is 0.379 e. The third-order valence-electron chi connectivity index (χ3n) is 2.38. The standard InChI is InChI=1S/C13H15N3O2S/c1-18-7-13(17)16-11-4-2-3-10(5-11)14-6-12-8-19-9-15-12/h2-5,8-9,14H,6-7H2,1H3,(H,16,17). The van der Waals surface area contributed by atoms with Crippen molar-refractivity contribution in [3.63, 3.8) is 0 Å². The fraction of sp³-hybridized carbons (Fsp3) is 0.231. The quantitative estimate of drug-likeness (QED) is 0.850. The minimum absolute atomic E-state index is 0.0521. The van der Waals surface area contributed by atoms with Gasteiger partial charge in [0.15, 0.2) is 0 Å². The summed E-state index contributed by atoms with van der Waals surface area (Å²) in [6.45, 7) is 0.718. The Hall–Kier alpha value is -1.92. The molecule has 2 aromatic rings. The van der Waals surface area contributed by atoms with Crippen molar-refractivity contribution in [2.75, 3.05) is 24.4 Å². The first kappa shape index (κ1) is 13.5.